The van der Waals surface area contributed by atoms with Gasteiger partial charge in [-0.05, 0) is 69.2 Å². The first-order valence-corrected chi connectivity index (χ1v) is 11.9. The van der Waals surface area contributed by atoms with Gasteiger partial charge in [0.15, 0.2) is 0 Å². The highest BCUT2D eigenvalue weighted by atomic mass is 35.5. The molecule has 1 saturated heterocycles. The maximum atomic E-state index is 11.9. The van der Waals surface area contributed by atoms with Gasteiger partial charge in [0.05, 0.1) is 18.9 Å². The highest BCUT2D eigenvalue weighted by molar-refractivity contribution is 6.30. The van der Waals surface area contributed by atoms with Crippen LogP contribution in [0.25, 0.3) is 0 Å². The molecule has 1 heterocycles. The molecule has 0 spiro atoms. The van der Waals surface area contributed by atoms with Crippen molar-refractivity contribution in [1.82, 2.24) is 10.2 Å². The molecule has 0 aromatic heterocycles. The molecule has 0 radical (unpaired) electrons. The Labute approximate surface area is 191 Å². The molecule has 0 unspecified atom stereocenters. The fraction of sp³-hybridized carbons (Fsp3) is 0.667. The van der Waals surface area contributed by atoms with Crippen molar-refractivity contribution in [3.63, 3.8) is 0 Å². The first-order chi connectivity index (χ1) is 15.1. The number of nitrogens with zero attached hydrogens (tertiary/aromatic N) is 3. The second-order valence-corrected chi connectivity index (χ2v) is 9.17. The average Bonchev–Trinajstić information content (AvgIpc) is 2.79. The van der Waals surface area contributed by atoms with Crippen LogP contribution in [0.5, 0.6) is 5.75 Å². The van der Waals surface area contributed by atoms with Crippen LogP contribution in [0.4, 0.5) is 5.69 Å². The van der Waals surface area contributed by atoms with Gasteiger partial charge < -0.3 is 15.0 Å². The Kier molecular flexibility index (Phi) is 9.30. The summed E-state index contributed by atoms with van der Waals surface area (Å²) in [6.45, 7) is 5.24. The number of carbonyl (C=O) groups excluding carboxylic acids is 1. The summed E-state index contributed by atoms with van der Waals surface area (Å²) in [5.41, 5.74) is 1.09. The molecule has 1 aliphatic heterocycles. The lowest BCUT2D eigenvalue weighted by Crippen LogP contribution is -2.47. The summed E-state index contributed by atoms with van der Waals surface area (Å²) in [5.74, 6) is 1.75. The molecule has 2 aliphatic rings. The van der Waals surface area contributed by atoms with Crippen LogP contribution in [0.1, 0.15) is 51.4 Å². The SMILES string of the molecule is COc1ccc(Cl)cc1N1CCN(CCC2CCC(NC(=O)CCCC#N)CC2)CC1. The van der Waals surface area contributed by atoms with Gasteiger partial charge in [0.2, 0.25) is 5.91 Å². The van der Waals surface area contributed by atoms with Crippen molar-refractivity contribution in [1.29, 1.82) is 5.26 Å². The van der Waals surface area contributed by atoms with E-state index in [1.807, 2.05) is 18.2 Å². The summed E-state index contributed by atoms with van der Waals surface area (Å²) in [7, 11) is 1.71. The van der Waals surface area contributed by atoms with Crippen molar-refractivity contribution in [2.24, 2.45) is 5.92 Å². The Hall–Kier alpha value is -1.97. The van der Waals surface area contributed by atoms with Crippen LogP contribution in [-0.4, -0.2) is 56.7 Å². The second-order valence-electron chi connectivity index (χ2n) is 8.73. The molecule has 3 rings (SSSR count). The zero-order valence-corrected chi connectivity index (χ0v) is 19.4. The van der Waals surface area contributed by atoms with Crippen molar-refractivity contribution >= 4 is 23.2 Å². The Morgan fingerprint density at radius 1 is 1.23 bits per heavy atom. The van der Waals surface area contributed by atoms with Crippen molar-refractivity contribution in [3.05, 3.63) is 23.2 Å². The number of hydrogen-bond donors (Lipinski definition) is 1. The zero-order valence-electron chi connectivity index (χ0n) is 18.6. The summed E-state index contributed by atoms with van der Waals surface area (Å²) >= 11 is 6.20. The van der Waals surface area contributed by atoms with Crippen molar-refractivity contribution in [2.75, 3.05) is 44.7 Å². The molecule has 1 N–H and O–H groups in total. The number of methoxy groups -OCH3 is 1. The lowest BCUT2D eigenvalue weighted by Gasteiger charge is -2.37. The van der Waals surface area contributed by atoms with Gasteiger partial charge in [-0.25, -0.2) is 0 Å². The topological polar surface area (TPSA) is 68.6 Å². The van der Waals surface area contributed by atoms with Crippen molar-refractivity contribution in [2.45, 2.75) is 57.4 Å². The van der Waals surface area contributed by atoms with E-state index in [0.29, 0.717) is 25.3 Å². The van der Waals surface area contributed by atoms with E-state index in [9.17, 15) is 4.79 Å². The molecule has 0 atom stereocenters. The number of benzene rings is 1. The lowest BCUT2D eigenvalue weighted by molar-refractivity contribution is -0.122. The number of hydrogen-bond acceptors (Lipinski definition) is 5. The van der Waals surface area contributed by atoms with Crippen molar-refractivity contribution < 1.29 is 9.53 Å². The van der Waals surface area contributed by atoms with Crippen LogP contribution >= 0.6 is 11.6 Å². The monoisotopic (exact) mass is 446 g/mol. The minimum atomic E-state index is 0.105. The van der Waals surface area contributed by atoms with E-state index in [-0.39, 0.29) is 5.91 Å². The molecule has 1 aromatic carbocycles. The van der Waals surface area contributed by atoms with E-state index >= 15 is 0 Å². The summed E-state index contributed by atoms with van der Waals surface area (Å²) in [4.78, 5) is 16.9. The summed E-state index contributed by atoms with van der Waals surface area (Å²) in [5, 5.41) is 12.5. The van der Waals surface area contributed by atoms with Gasteiger partial charge in [0.25, 0.3) is 0 Å². The molecule has 1 amide bonds. The molecule has 6 nitrogen and oxygen atoms in total. The van der Waals surface area contributed by atoms with Gasteiger partial charge in [-0.1, -0.05) is 11.6 Å². The normalized spacial score (nSPS) is 22.0. The van der Waals surface area contributed by atoms with Crippen molar-refractivity contribution in [3.8, 4) is 11.8 Å². The summed E-state index contributed by atoms with van der Waals surface area (Å²) in [6, 6.07) is 8.22. The molecule has 1 saturated carbocycles. The number of anilines is 1. The molecule has 0 bridgehead atoms. The van der Waals surface area contributed by atoms with Gasteiger partial charge in [-0.15, -0.1) is 0 Å². The van der Waals surface area contributed by atoms with Gasteiger partial charge in [0, 0.05) is 50.1 Å². The number of carbonyl (C=O) groups is 1. The quantitative estimate of drug-likeness (QED) is 0.575. The van der Waals surface area contributed by atoms with E-state index < -0.39 is 0 Å². The molecule has 31 heavy (non-hydrogen) atoms. The van der Waals surface area contributed by atoms with E-state index in [4.69, 9.17) is 21.6 Å². The third kappa shape index (κ3) is 7.29. The van der Waals surface area contributed by atoms with Crippen LogP contribution in [-0.2, 0) is 4.79 Å². The van der Waals surface area contributed by atoms with E-state index in [1.165, 1.54) is 19.3 Å². The molecule has 2 fully saturated rings. The molecule has 170 valence electrons. The fourth-order valence-electron chi connectivity index (χ4n) is 4.71. The number of nitriles is 1. The molecule has 7 heteroatoms. The minimum Gasteiger partial charge on any atom is -0.495 e. The van der Waals surface area contributed by atoms with Crippen LogP contribution in [0.3, 0.4) is 0 Å². The highest BCUT2D eigenvalue weighted by Gasteiger charge is 2.24. The first kappa shape index (κ1) is 23.7. The van der Waals surface area contributed by atoms with Crippen LogP contribution in [0.15, 0.2) is 18.2 Å². The fourth-order valence-corrected chi connectivity index (χ4v) is 4.88. The second kappa shape index (κ2) is 12.2. The Balaban J connectivity index is 1.33. The highest BCUT2D eigenvalue weighted by Crippen LogP contribution is 2.32. The van der Waals surface area contributed by atoms with E-state index in [1.54, 1.807) is 7.11 Å². The maximum absolute atomic E-state index is 11.9. The van der Waals surface area contributed by atoms with E-state index in [0.717, 1.165) is 67.9 Å². The molecule has 1 aliphatic carbocycles. The number of halogens is 1. The van der Waals surface area contributed by atoms with Gasteiger partial charge >= 0.3 is 0 Å². The number of unbranched alkanes of at least 4 members (excludes halogenated alkanes) is 1. The predicted octanol–water partition coefficient (Wildman–Crippen LogP) is 4.23. The standard InChI is InChI=1S/C24H35ClN4O2/c1-31-23-10-7-20(25)18-22(23)29-16-14-28(15-17-29)13-11-19-5-8-21(9-6-19)27-24(30)4-2-3-12-26/h7,10,18-19,21H,2-6,8-9,11,13-17H2,1H3,(H,27,30). The van der Waals surface area contributed by atoms with E-state index in [2.05, 4.69) is 21.2 Å². The summed E-state index contributed by atoms with van der Waals surface area (Å²) in [6.07, 6.45) is 7.39. The molecular weight excluding hydrogens is 412 g/mol. The predicted molar refractivity (Wildman–Crippen MR) is 125 cm³/mol. The van der Waals surface area contributed by atoms with Gasteiger partial charge in [-0.3, -0.25) is 9.69 Å². The Morgan fingerprint density at radius 2 is 1.97 bits per heavy atom. The number of nitrogens with one attached hydrogen (secondary N) is 1. The number of piperazine rings is 1. The molecule has 1 aromatic rings. The first-order valence-electron chi connectivity index (χ1n) is 11.6. The zero-order chi connectivity index (χ0) is 22.1. The van der Waals surface area contributed by atoms with Gasteiger partial charge in [0.1, 0.15) is 5.75 Å². The Morgan fingerprint density at radius 3 is 2.65 bits per heavy atom. The van der Waals surface area contributed by atoms with Gasteiger partial charge in [-0.2, -0.15) is 5.26 Å². The minimum absolute atomic E-state index is 0.105. The third-order valence-corrected chi connectivity index (χ3v) is 6.85. The smallest absolute Gasteiger partial charge is 0.220 e. The van der Waals surface area contributed by atoms with Crippen LogP contribution in [0.2, 0.25) is 5.02 Å². The number of rotatable bonds is 9. The van der Waals surface area contributed by atoms with Crippen LogP contribution in [0, 0.1) is 17.2 Å². The number of amides is 1. The Bertz CT molecular complexity index is 750. The third-order valence-electron chi connectivity index (χ3n) is 6.61. The lowest BCUT2D eigenvalue weighted by atomic mass is 9.84. The van der Waals surface area contributed by atoms with Crippen LogP contribution < -0.4 is 15.0 Å². The maximum Gasteiger partial charge on any atom is 0.220 e. The average molecular weight is 447 g/mol. The molecular formula is C24H35ClN4O2. The summed E-state index contributed by atoms with van der Waals surface area (Å²) < 4.78 is 5.51. The number of ether oxygens (including phenoxy) is 1. The largest absolute Gasteiger partial charge is 0.495 e.